The Morgan fingerprint density at radius 2 is 1.74 bits per heavy atom. The van der Waals surface area contributed by atoms with Crippen LogP contribution in [-0.2, 0) is 9.59 Å². The molecule has 0 saturated carbocycles. The van der Waals surface area contributed by atoms with Crippen LogP contribution in [0.25, 0.3) is 0 Å². The van der Waals surface area contributed by atoms with Gasteiger partial charge in [0.1, 0.15) is 11.4 Å². The van der Waals surface area contributed by atoms with E-state index in [2.05, 4.69) is 11.1 Å². The standard InChI is InChI=1S/C25H31N3O3.C2HF3O2/c1-3-27(4-2)23(29)16-20-17-25(31-22-10-6-5-9-21(20)22)11-14-28(15-12-25)24(30)19-8-7-13-26-18-19;3-2(4,5)1(6)7/h5-10,13,18,20H,3-4,11-12,14-17H2,1-2H3;(H,6,7). The second-order valence-electron chi connectivity index (χ2n) is 9.33. The predicted octanol–water partition coefficient (Wildman–Crippen LogP) is 4.51. The number of benzene rings is 1. The summed E-state index contributed by atoms with van der Waals surface area (Å²) in [5, 5.41) is 7.12. The van der Waals surface area contributed by atoms with Gasteiger partial charge in [0.25, 0.3) is 5.91 Å². The van der Waals surface area contributed by atoms with E-state index in [1.165, 1.54) is 0 Å². The first-order valence-electron chi connectivity index (χ1n) is 12.5. The Hall–Kier alpha value is -3.63. The maximum Gasteiger partial charge on any atom is 0.490 e. The van der Waals surface area contributed by atoms with Gasteiger partial charge >= 0.3 is 12.1 Å². The third kappa shape index (κ3) is 7.02. The molecule has 2 aromatic rings. The molecule has 8 nitrogen and oxygen atoms in total. The van der Waals surface area contributed by atoms with Crippen molar-refractivity contribution >= 4 is 17.8 Å². The molecule has 1 unspecified atom stereocenters. The van der Waals surface area contributed by atoms with Gasteiger partial charge in [-0.05, 0) is 44.0 Å². The lowest BCUT2D eigenvalue weighted by atomic mass is 9.76. The molecule has 2 amide bonds. The highest BCUT2D eigenvalue weighted by atomic mass is 19.4. The number of nitrogens with zero attached hydrogens (tertiary/aromatic N) is 3. The van der Waals surface area contributed by atoms with Crippen molar-refractivity contribution in [1.82, 2.24) is 14.8 Å². The van der Waals surface area contributed by atoms with Crippen LogP contribution in [0.15, 0.2) is 48.8 Å². The fraction of sp³-hybridized carbons (Fsp3) is 0.481. The van der Waals surface area contributed by atoms with Crippen LogP contribution in [-0.4, -0.2) is 75.6 Å². The highest BCUT2D eigenvalue weighted by Gasteiger charge is 2.44. The van der Waals surface area contributed by atoms with Crippen molar-refractivity contribution in [3.05, 3.63) is 59.9 Å². The summed E-state index contributed by atoms with van der Waals surface area (Å²) in [6.45, 7) is 6.80. The van der Waals surface area contributed by atoms with Gasteiger partial charge in [0.15, 0.2) is 0 Å². The predicted molar refractivity (Wildman–Crippen MR) is 133 cm³/mol. The van der Waals surface area contributed by atoms with Gasteiger partial charge in [-0.2, -0.15) is 13.2 Å². The SMILES string of the molecule is CCN(CC)C(=O)CC1CC2(CCN(C(=O)c3cccnc3)CC2)Oc2ccccc21.O=C(O)C(F)(F)F. The Balaban J connectivity index is 0.000000505. The summed E-state index contributed by atoms with van der Waals surface area (Å²) in [5.74, 6) is -1.51. The Morgan fingerprint density at radius 3 is 2.29 bits per heavy atom. The Bertz CT molecular complexity index is 1110. The third-order valence-electron chi connectivity index (χ3n) is 6.95. The van der Waals surface area contributed by atoms with E-state index < -0.39 is 12.1 Å². The van der Waals surface area contributed by atoms with Crippen LogP contribution in [0.5, 0.6) is 5.75 Å². The summed E-state index contributed by atoms with van der Waals surface area (Å²) in [4.78, 5) is 42.5. The van der Waals surface area contributed by atoms with E-state index >= 15 is 0 Å². The number of ether oxygens (including phenoxy) is 1. The fourth-order valence-electron chi connectivity index (χ4n) is 4.94. The molecule has 4 rings (SSSR count). The number of fused-ring (bicyclic) bond motifs is 1. The van der Waals surface area contributed by atoms with Crippen molar-refractivity contribution in [2.45, 2.75) is 57.2 Å². The van der Waals surface area contributed by atoms with Crippen molar-refractivity contribution in [2.24, 2.45) is 0 Å². The number of likely N-dealkylation sites (tertiary alicyclic amines) is 1. The Morgan fingerprint density at radius 1 is 1.11 bits per heavy atom. The zero-order valence-electron chi connectivity index (χ0n) is 21.4. The van der Waals surface area contributed by atoms with E-state index in [4.69, 9.17) is 14.6 Å². The second kappa shape index (κ2) is 12.3. The highest BCUT2D eigenvalue weighted by molar-refractivity contribution is 5.94. The molecule has 2 aliphatic rings. The van der Waals surface area contributed by atoms with Crippen molar-refractivity contribution in [3.63, 3.8) is 0 Å². The van der Waals surface area contributed by atoms with Crippen LogP contribution in [0.1, 0.15) is 61.4 Å². The summed E-state index contributed by atoms with van der Waals surface area (Å²) in [5.41, 5.74) is 1.42. The van der Waals surface area contributed by atoms with Crippen LogP contribution >= 0.6 is 0 Å². The molecule has 38 heavy (non-hydrogen) atoms. The lowest BCUT2D eigenvalue weighted by Gasteiger charge is -2.47. The smallest absolute Gasteiger partial charge is 0.487 e. The van der Waals surface area contributed by atoms with Crippen molar-refractivity contribution in [2.75, 3.05) is 26.2 Å². The van der Waals surface area contributed by atoms with Crippen LogP contribution in [0.3, 0.4) is 0 Å². The molecule has 0 bridgehead atoms. The van der Waals surface area contributed by atoms with E-state index in [1.807, 2.05) is 47.9 Å². The summed E-state index contributed by atoms with van der Waals surface area (Å²) in [7, 11) is 0. The number of rotatable bonds is 5. The maximum atomic E-state index is 12.9. The number of carbonyl (C=O) groups excluding carboxylic acids is 2. The number of aromatic nitrogens is 1. The molecule has 0 radical (unpaired) electrons. The van der Waals surface area contributed by atoms with Gasteiger partial charge < -0.3 is 19.6 Å². The number of alkyl halides is 3. The molecule has 1 saturated heterocycles. The zero-order chi connectivity index (χ0) is 27.9. The summed E-state index contributed by atoms with van der Waals surface area (Å²) in [6, 6.07) is 11.7. The molecule has 1 spiro atoms. The third-order valence-corrected chi connectivity index (χ3v) is 6.95. The number of hydrogen-bond acceptors (Lipinski definition) is 5. The van der Waals surface area contributed by atoms with E-state index in [-0.39, 0.29) is 23.3 Å². The number of pyridine rings is 1. The number of piperidine rings is 1. The average molecular weight is 536 g/mol. The normalized spacial score (nSPS) is 17.9. The number of aliphatic carboxylic acids is 1. The topological polar surface area (TPSA) is 100 Å². The van der Waals surface area contributed by atoms with Gasteiger partial charge in [0.2, 0.25) is 5.91 Å². The van der Waals surface area contributed by atoms with Crippen LogP contribution in [0.2, 0.25) is 0 Å². The first-order chi connectivity index (χ1) is 18.0. The molecule has 1 aromatic heterocycles. The van der Waals surface area contributed by atoms with Crippen LogP contribution in [0, 0.1) is 0 Å². The fourth-order valence-corrected chi connectivity index (χ4v) is 4.94. The number of para-hydroxylation sites is 1. The number of carbonyl (C=O) groups is 3. The van der Waals surface area contributed by atoms with E-state index in [9.17, 15) is 22.8 Å². The summed E-state index contributed by atoms with van der Waals surface area (Å²) < 4.78 is 38.3. The number of carboxylic acid groups (broad SMARTS) is 1. The number of amides is 2. The first kappa shape index (κ1) is 28.9. The second-order valence-corrected chi connectivity index (χ2v) is 9.33. The molecule has 2 aliphatic heterocycles. The largest absolute Gasteiger partial charge is 0.490 e. The molecule has 1 N–H and O–H groups in total. The van der Waals surface area contributed by atoms with Crippen molar-refractivity contribution in [3.8, 4) is 5.75 Å². The molecule has 1 fully saturated rings. The average Bonchev–Trinajstić information content (AvgIpc) is 2.90. The summed E-state index contributed by atoms with van der Waals surface area (Å²) >= 11 is 0. The molecule has 1 atom stereocenters. The Labute approximate surface area is 219 Å². The minimum absolute atomic E-state index is 0.0208. The van der Waals surface area contributed by atoms with E-state index in [0.29, 0.717) is 25.1 Å². The molecule has 3 heterocycles. The quantitative estimate of drug-likeness (QED) is 0.605. The van der Waals surface area contributed by atoms with Gasteiger partial charge in [-0.15, -0.1) is 0 Å². The van der Waals surface area contributed by atoms with Gasteiger partial charge in [-0.25, -0.2) is 4.79 Å². The lowest BCUT2D eigenvalue weighted by Crippen LogP contribution is -2.52. The maximum absolute atomic E-state index is 12.9. The van der Waals surface area contributed by atoms with Crippen molar-refractivity contribution in [1.29, 1.82) is 0 Å². The van der Waals surface area contributed by atoms with Gasteiger partial charge in [-0.3, -0.25) is 14.6 Å². The zero-order valence-corrected chi connectivity index (χ0v) is 21.4. The number of halogens is 3. The molecule has 1 aromatic carbocycles. The first-order valence-corrected chi connectivity index (χ1v) is 12.5. The van der Waals surface area contributed by atoms with Crippen molar-refractivity contribution < 1.29 is 37.4 Å². The summed E-state index contributed by atoms with van der Waals surface area (Å²) in [6.07, 6.45) is 1.06. The number of hydrogen-bond donors (Lipinski definition) is 1. The van der Waals surface area contributed by atoms with E-state index in [0.717, 1.165) is 43.7 Å². The Kier molecular flexibility index (Phi) is 9.35. The van der Waals surface area contributed by atoms with Gasteiger partial charge in [0.05, 0.1) is 5.56 Å². The molecular formula is C27H32F3N3O5. The van der Waals surface area contributed by atoms with E-state index in [1.54, 1.807) is 18.5 Å². The highest BCUT2D eigenvalue weighted by Crippen LogP contribution is 2.46. The molecule has 0 aliphatic carbocycles. The molecule has 206 valence electrons. The van der Waals surface area contributed by atoms with Gasteiger partial charge in [-0.1, -0.05) is 18.2 Å². The van der Waals surface area contributed by atoms with Gasteiger partial charge in [0, 0.05) is 63.8 Å². The molecular weight excluding hydrogens is 503 g/mol. The molecule has 11 heteroatoms. The minimum Gasteiger partial charge on any atom is -0.487 e. The van der Waals surface area contributed by atoms with Crippen LogP contribution < -0.4 is 4.74 Å². The number of carboxylic acids is 1. The monoisotopic (exact) mass is 535 g/mol. The minimum atomic E-state index is -5.08. The lowest BCUT2D eigenvalue weighted by molar-refractivity contribution is -0.192. The van der Waals surface area contributed by atoms with Crippen LogP contribution in [0.4, 0.5) is 13.2 Å².